The third-order valence-corrected chi connectivity index (χ3v) is 9.18. The minimum atomic E-state index is -1.62. The van der Waals surface area contributed by atoms with E-state index in [-0.39, 0.29) is 32.2 Å². The van der Waals surface area contributed by atoms with Crippen LogP contribution in [-0.2, 0) is 33.3 Å². The number of quaternary nitrogens is 1. The number of hydrogen-bond donors (Lipinski definition) is 0. The predicted octanol–water partition coefficient (Wildman–Crippen LogP) is 9.55. The van der Waals surface area contributed by atoms with Crippen molar-refractivity contribution >= 4 is 17.9 Å². The van der Waals surface area contributed by atoms with Gasteiger partial charge >= 0.3 is 11.9 Å². The second-order valence-corrected chi connectivity index (χ2v) is 15.6. The topological polar surface area (TPSA) is 111 Å². The number of rotatable bonds is 39. The van der Waals surface area contributed by atoms with Gasteiger partial charge in [0.15, 0.2) is 12.4 Å². The van der Waals surface area contributed by atoms with E-state index in [1.807, 2.05) is 21.1 Å². The molecule has 0 heterocycles. The molecule has 0 aromatic carbocycles. The van der Waals surface area contributed by atoms with Crippen LogP contribution in [-0.4, -0.2) is 82.3 Å². The van der Waals surface area contributed by atoms with Crippen molar-refractivity contribution < 1.29 is 42.9 Å². The highest BCUT2D eigenvalue weighted by Crippen LogP contribution is 2.15. The number of carbonyl (C=O) groups excluding carboxylic acids is 3. The Balaban J connectivity index is 4.46. The van der Waals surface area contributed by atoms with Crippen LogP contribution in [0.1, 0.15) is 181 Å². The van der Waals surface area contributed by atoms with Crippen molar-refractivity contribution in [1.29, 1.82) is 0 Å². The Morgan fingerprint density at radius 1 is 0.566 bits per heavy atom. The Morgan fingerprint density at radius 3 is 1.57 bits per heavy atom. The van der Waals surface area contributed by atoms with Crippen molar-refractivity contribution in [2.75, 3.05) is 47.5 Å². The number of carbonyl (C=O) groups is 3. The molecule has 0 saturated carbocycles. The monoisotopic (exact) mass is 752 g/mol. The lowest BCUT2D eigenvalue weighted by Crippen LogP contribution is -2.44. The van der Waals surface area contributed by atoms with Gasteiger partial charge in [-0.2, -0.15) is 0 Å². The number of carboxylic acids is 1. The van der Waals surface area contributed by atoms with E-state index in [9.17, 15) is 19.5 Å². The second kappa shape index (κ2) is 36.7. The van der Waals surface area contributed by atoms with Crippen molar-refractivity contribution in [2.24, 2.45) is 0 Å². The molecule has 9 heteroatoms. The van der Waals surface area contributed by atoms with Gasteiger partial charge in [0.05, 0.1) is 40.3 Å². The molecule has 0 saturated heterocycles. The first-order valence-electron chi connectivity index (χ1n) is 21.5. The van der Waals surface area contributed by atoms with Gasteiger partial charge in [0.25, 0.3) is 0 Å². The first-order valence-corrected chi connectivity index (χ1v) is 21.5. The minimum absolute atomic E-state index is 0.146. The summed E-state index contributed by atoms with van der Waals surface area (Å²) in [6.45, 7) is 4.66. The van der Waals surface area contributed by atoms with E-state index in [1.165, 1.54) is 83.5 Å². The molecule has 0 aliphatic heterocycles. The van der Waals surface area contributed by atoms with Gasteiger partial charge in [0, 0.05) is 12.8 Å². The summed E-state index contributed by atoms with van der Waals surface area (Å²) in [4.78, 5) is 36.9. The van der Waals surface area contributed by atoms with Crippen molar-refractivity contribution in [2.45, 2.75) is 193 Å². The standard InChI is InChI=1S/C44H81NO8/c1-6-8-10-12-14-16-18-20-21-23-24-26-28-30-32-34-41(46)51-38-40(39-52-44(43(48)49)50-37-36-45(3,4)5)53-42(47)35-33-31-29-27-25-22-19-17-15-13-11-9-7-2/h11,13,17,19,40,44H,6-10,12,14-16,18,20-39H2,1-5H3/b13-11-,19-17-. The van der Waals surface area contributed by atoms with E-state index in [0.29, 0.717) is 23.9 Å². The zero-order valence-corrected chi connectivity index (χ0v) is 34.9. The molecule has 9 nitrogen and oxygen atoms in total. The van der Waals surface area contributed by atoms with Crippen LogP contribution in [0.4, 0.5) is 0 Å². The Labute approximate surface area is 325 Å². The maximum absolute atomic E-state index is 12.7. The minimum Gasteiger partial charge on any atom is -0.545 e. The first kappa shape index (κ1) is 50.8. The van der Waals surface area contributed by atoms with E-state index in [0.717, 1.165) is 64.2 Å². The third kappa shape index (κ3) is 37.9. The molecule has 0 fully saturated rings. The number of unbranched alkanes of at least 4 members (excludes halogenated alkanes) is 20. The Kier molecular flexibility index (Phi) is 35.2. The predicted molar refractivity (Wildman–Crippen MR) is 214 cm³/mol. The molecular weight excluding hydrogens is 670 g/mol. The second-order valence-electron chi connectivity index (χ2n) is 15.6. The summed E-state index contributed by atoms with van der Waals surface area (Å²) in [5.74, 6) is -2.30. The quantitative estimate of drug-likeness (QED) is 0.0201. The molecule has 0 aliphatic rings. The number of likely N-dealkylation sites (N-methyl/N-ethyl adjacent to an activating group) is 1. The Morgan fingerprint density at radius 2 is 1.06 bits per heavy atom. The highest BCUT2D eigenvalue weighted by Gasteiger charge is 2.21. The summed E-state index contributed by atoms with van der Waals surface area (Å²) in [5.41, 5.74) is 0. The number of esters is 2. The number of allylic oxidation sites excluding steroid dienone is 4. The molecule has 0 aliphatic carbocycles. The fourth-order valence-corrected chi connectivity index (χ4v) is 5.81. The zero-order valence-electron chi connectivity index (χ0n) is 34.9. The molecule has 0 spiro atoms. The third-order valence-electron chi connectivity index (χ3n) is 9.18. The fraction of sp³-hybridized carbons (Fsp3) is 0.841. The molecular formula is C44H81NO8. The molecule has 2 unspecified atom stereocenters. The van der Waals surface area contributed by atoms with Crippen molar-refractivity contribution in [3.05, 3.63) is 24.3 Å². The average molecular weight is 752 g/mol. The van der Waals surface area contributed by atoms with Crippen LogP contribution < -0.4 is 5.11 Å². The summed E-state index contributed by atoms with van der Waals surface area (Å²) in [6, 6.07) is 0. The van der Waals surface area contributed by atoms with Gasteiger partial charge in [0.1, 0.15) is 13.2 Å². The first-order chi connectivity index (χ1) is 25.6. The summed E-state index contributed by atoms with van der Waals surface area (Å²) < 4.78 is 22.5. The van der Waals surface area contributed by atoms with Crippen LogP contribution >= 0.6 is 0 Å². The van der Waals surface area contributed by atoms with Crippen molar-refractivity contribution in [3.63, 3.8) is 0 Å². The highest BCUT2D eigenvalue weighted by molar-refractivity contribution is 5.70. The number of aliphatic carboxylic acids is 1. The lowest BCUT2D eigenvalue weighted by molar-refractivity contribution is -0.870. The number of nitrogens with zero attached hydrogens (tertiary/aromatic N) is 1. The number of ether oxygens (including phenoxy) is 4. The van der Waals surface area contributed by atoms with Crippen molar-refractivity contribution in [3.8, 4) is 0 Å². The molecule has 0 aromatic heterocycles. The summed E-state index contributed by atoms with van der Waals surface area (Å²) in [6.07, 6.45) is 34.9. The Hall–Kier alpha value is -2.23. The van der Waals surface area contributed by atoms with Gasteiger partial charge in [0.2, 0.25) is 0 Å². The van der Waals surface area contributed by atoms with E-state index < -0.39 is 24.3 Å². The van der Waals surface area contributed by atoms with Gasteiger partial charge in [-0.3, -0.25) is 9.59 Å². The van der Waals surface area contributed by atoms with E-state index in [2.05, 4.69) is 38.2 Å². The molecule has 0 N–H and O–H groups in total. The molecule has 2 atom stereocenters. The van der Waals surface area contributed by atoms with Gasteiger partial charge in [-0.25, -0.2) is 0 Å². The van der Waals surface area contributed by atoms with Gasteiger partial charge < -0.3 is 33.3 Å². The van der Waals surface area contributed by atoms with Crippen LogP contribution in [0.5, 0.6) is 0 Å². The maximum Gasteiger partial charge on any atom is 0.306 e. The number of carboxylic acid groups (broad SMARTS) is 1. The van der Waals surface area contributed by atoms with Crippen LogP contribution in [0.3, 0.4) is 0 Å². The van der Waals surface area contributed by atoms with Crippen LogP contribution in [0, 0.1) is 0 Å². The van der Waals surface area contributed by atoms with Gasteiger partial charge in [-0.05, 0) is 38.5 Å². The van der Waals surface area contributed by atoms with Crippen molar-refractivity contribution in [1.82, 2.24) is 0 Å². The lowest BCUT2D eigenvalue weighted by Gasteiger charge is -2.26. The smallest absolute Gasteiger partial charge is 0.306 e. The summed E-state index contributed by atoms with van der Waals surface area (Å²) >= 11 is 0. The Bertz CT molecular complexity index is 929. The lowest BCUT2D eigenvalue weighted by atomic mass is 10.0. The molecule has 0 aromatic rings. The molecule has 53 heavy (non-hydrogen) atoms. The SMILES string of the molecule is CCC/C=C\C/C=C\CCCCCCCC(=O)OC(COC(=O)CCCCCCCCCCCCCCCCC)COC(OCC[N+](C)(C)C)C(=O)[O-]. The zero-order chi connectivity index (χ0) is 39.3. The van der Waals surface area contributed by atoms with Gasteiger partial charge in [-0.15, -0.1) is 0 Å². The van der Waals surface area contributed by atoms with Crippen LogP contribution in [0.2, 0.25) is 0 Å². The van der Waals surface area contributed by atoms with Crippen LogP contribution in [0.25, 0.3) is 0 Å². The molecule has 310 valence electrons. The largest absolute Gasteiger partial charge is 0.545 e. The average Bonchev–Trinajstić information content (AvgIpc) is 3.11. The normalized spacial score (nSPS) is 13.2. The molecule has 0 amide bonds. The highest BCUT2D eigenvalue weighted by atomic mass is 16.7. The van der Waals surface area contributed by atoms with E-state index in [4.69, 9.17) is 18.9 Å². The summed E-state index contributed by atoms with van der Waals surface area (Å²) in [5, 5.41) is 11.7. The molecule has 0 radical (unpaired) electrons. The molecule has 0 bridgehead atoms. The molecule has 0 rings (SSSR count). The van der Waals surface area contributed by atoms with E-state index >= 15 is 0 Å². The summed E-state index contributed by atoms with van der Waals surface area (Å²) in [7, 11) is 5.90. The van der Waals surface area contributed by atoms with Crippen LogP contribution in [0.15, 0.2) is 24.3 Å². The maximum atomic E-state index is 12.7. The van der Waals surface area contributed by atoms with Gasteiger partial charge in [-0.1, -0.05) is 154 Å². The van der Waals surface area contributed by atoms with E-state index in [1.54, 1.807) is 0 Å². The fourth-order valence-electron chi connectivity index (χ4n) is 5.81. The number of hydrogen-bond acceptors (Lipinski definition) is 8.